The predicted octanol–water partition coefficient (Wildman–Crippen LogP) is 2.78. The van der Waals surface area contributed by atoms with E-state index in [-0.39, 0.29) is 5.82 Å². The first kappa shape index (κ1) is 13.5. The molecule has 1 unspecified atom stereocenters. The van der Waals surface area contributed by atoms with Gasteiger partial charge in [-0.1, -0.05) is 25.1 Å². The van der Waals surface area contributed by atoms with Crippen LogP contribution in [0.3, 0.4) is 0 Å². The molecule has 1 aromatic rings. The third kappa shape index (κ3) is 3.09. The molecule has 0 saturated carbocycles. The summed E-state index contributed by atoms with van der Waals surface area (Å²) in [6.07, 6.45) is 2.93. The van der Waals surface area contributed by atoms with Crippen LogP contribution in [-0.4, -0.2) is 23.7 Å². The molecule has 1 aliphatic heterocycles. The number of nitrogens with zero attached hydrogens (tertiary/aromatic N) is 1. The highest BCUT2D eigenvalue weighted by Crippen LogP contribution is 2.24. The van der Waals surface area contributed by atoms with Gasteiger partial charge in [-0.3, -0.25) is 4.90 Å². The fraction of sp³-hybridized carbons (Fsp3) is 0.600. The zero-order chi connectivity index (χ0) is 13.2. The van der Waals surface area contributed by atoms with Gasteiger partial charge in [0.25, 0.3) is 0 Å². The summed E-state index contributed by atoms with van der Waals surface area (Å²) < 4.78 is 13.7. The molecular weight excluding hydrogens is 227 g/mol. The molecule has 1 aliphatic rings. The Morgan fingerprint density at radius 1 is 1.33 bits per heavy atom. The van der Waals surface area contributed by atoms with Crippen LogP contribution in [0.2, 0.25) is 0 Å². The van der Waals surface area contributed by atoms with Crippen molar-refractivity contribution in [2.24, 2.45) is 11.7 Å². The van der Waals surface area contributed by atoms with E-state index in [0.717, 1.165) is 19.0 Å². The molecule has 0 bridgehead atoms. The monoisotopic (exact) mass is 250 g/mol. The lowest BCUT2D eigenvalue weighted by atomic mass is 9.93. The maximum absolute atomic E-state index is 13.7. The van der Waals surface area contributed by atoms with Crippen molar-refractivity contribution in [2.45, 2.75) is 38.8 Å². The molecule has 2 N–H and O–H groups in total. The van der Waals surface area contributed by atoms with Gasteiger partial charge in [-0.2, -0.15) is 0 Å². The third-order valence-electron chi connectivity index (χ3n) is 4.01. The standard InChI is InChI=1S/C15H23FN2/c1-12-7-9-18(10-8-12)15(2,17)11-13-5-3-4-6-14(13)16/h3-6,12H,7-11,17H2,1-2H3. The number of halogens is 1. The van der Waals surface area contributed by atoms with Gasteiger partial charge in [-0.05, 0) is 37.3 Å². The maximum Gasteiger partial charge on any atom is 0.126 e. The zero-order valence-corrected chi connectivity index (χ0v) is 11.3. The number of benzene rings is 1. The maximum atomic E-state index is 13.7. The molecular formula is C15H23FN2. The summed E-state index contributed by atoms with van der Waals surface area (Å²) in [6, 6.07) is 6.92. The molecule has 1 heterocycles. The van der Waals surface area contributed by atoms with E-state index in [2.05, 4.69) is 11.8 Å². The van der Waals surface area contributed by atoms with E-state index in [1.54, 1.807) is 6.07 Å². The van der Waals surface area contributed by atoms with Crippen molar-refractivity contribution in [3.63, 3.8) is 0 Å². The Labute approximate surface area is 109 Å². The fourth-order valence-corrected chi connectivity index (χ4v) is 2.66. The van der Waals surface area contributed by atoms with Crippen LogP contribution in [0.5, 0.6) is 0 Å². The number of hydrogen-bond acceptors (Lipinski definition) is 2. The van der Waals surface area contributed by atoms with Gasteiger partial charge >= 0.3 is 0 Å². The van der Waals surface area contributed by atoms with Crippen LogP contribution in [0.15, 0.2) is 24.3 Å². The predicted molar refractivity (Wildman–Crippen MR) is 72.7 cm³/mol. The van der Waals surface area contributed by atoms with Crippen LogP contribution in [0.4, 0.5) is 4.39 Å². The second kappa shape index (κ2) is 5.37. The molecule has 100 valence electrons. The van der Waals surface area contributed by atoms with Crippen LogP contribution in [0, 0.1) is 11.7 Å². The van der Waals surface area contributed by atoms with Gasteiger partial charge in [-0.25, -0.2) is 4.39 Å². The van der Waals surface area contributed by atoms with Crippen molar-refractivity contribution in [1.82, 2.24) is 4.90 Å². The van der Waals surface area contributed by atoms with Crippen LogP contribution >= 0.6 is 0 Å². The lowest BCUT2D eigenvalue weighted by Crippen LogP contribution is -2.57. The summed E-state index contributed by atoms with van der Waals surface area (Å²) in [5.41, 5.74) is 6.65. The summed E-state index contributed by atoms with van der Waals surface area (Å²) in [5.74, 6) is 0.630. The molecule has 2 nitrogen and oxygen atoms in total. The lowest BCUT2D eigenvalue weighted by molar-refractivity contribution is 0.0688. The topological polar surface area (TPSA) is 29.3 Å². The Bertz CT molecular complexity index is 395. The van der Waals surface area contributed by atoms with Crippen LogP contribution in [-0.2, 0) is 6.42 Å². The normalized spacial score (nSPS) is 21.8. The quantitative estimate of drug-likeness (QED) is 0.894. The second-order valence-electron chi connectivity index (χ2n) is 5.79. The first-order valence-electron chi connectivity index (χ1n) is 6.76. The Morgan fingerprint density at radius 3 is 2.56 bits per heavy atom. The van der Waals surface area contributed by atoms with E-state index in [1.165, 1.54) is 18.9 Å². The van der Waals surface area contributed by atoms with Gasteiger partial charge < -0.3 is 5.73 Å². The summed E-state index contributed by atoms with van der Waals surface area (Å²) >= 11 is 0. The third-order valence-corrected chi connectivity index (χ3v) is 4.01. The molecule has 1 aromatic carbocycles. The van der Waals surface area contributed by atoms with Gasteiger partial charge in [0.05, 0.1) is 5.66 Å². The SMILES string of the molecule is CC1CCN(C(C)(N)Cc2ccccc2F)CC1. The highest BCUT2D eigenvalue weighted by Gasteiger charge is 2.30. The van der Waals surface area contributed by atoms with Crippen LogP contribution in [0.1, 0.15) is 32.3 Å². The minimum absolute atomic E-state index is 0.153. The molecule has 1 saturated heterocycles. The fourth-order valence-electron chi connectivity index (χ4n) is 2.66. The molecule has 0 aliphatic carbocycles. The molecule has 1 fully saturated rings. The molecule has 3 heteroatoms. The molecule has 1 atom stereocenters. The van der Waals surface area contributed by atoms with E-state index in [9.17, 15) is 4.39 Å². The van der Waals surface area contributed by atoms with Gasteiger partial charge in [0, 0.05) is 19.5 Å². The molecule has 0 radical (unpaired) electrons. The molecule has 0 aromatic heterocycles. The first-order chi connectivity index (χ1) is 8.49. The molecule has 18 heavy (non-hydrogen) atoms. The summed E-state index contributed by atoms with van der Waals surface area (Å²) in [7, 11) is 0. The smallest absolute Gasteiger partial charge is 0.126 e. The number of hydrogen-bond donors (Lipinski definition) is 1. The largest absolute Gasteiger partial charge is 0.313 e. The summed E-state index contributed by atoms with van der Waals surface area (Å²) in [5, 5.41) is 0. The average molecular weight is 250 g/mol. The van der Waals surface area contributed by atoms with Gasteiger partial charge in [0.2, 0.25) is 0 Å². The van der Waals surface area contributed by atoms with Crippen molar-refractivity contribution in [3.05, 3.63) is 35.6 Å². The van der Waals surface area contributed by atoms with Crippen LogP contribution in [0.25, 0.3) is 0 Å². The zero-order valence-electron chi connectivity index (χ0n) is 11.3. The number of likely N-dealkylation sites (tertiary alicyclic amines) is 1. The summed E-state index contributed by atoms with van der Waals surface area (Å²) in [4.78, 5) is 2.29. The van der Waals surface area contributed by atoms with Crippen molar-refractivity contribution in [2.75, 3.05) is 13.1 Å². The average Bonchev–Trinajstić information content (AvgIpc) is 2.32. The highest BCUT2D eigenvalue weighted by atomic mass is 19.1. The molecule has 0 spiro atoms. The Kier molecular flexibility index (Phi) is 4.03. The Balaban J connectivity index is 2.05. The van der Waals surface area contributed by atoms with E-state index < -0.39 is 5.66 Å². The van der Waals surface area contributed by atoms with Gasteiger partial charge in [0.1, 0.15) is 5.82 Å². The van der Waals surface area contributed by atoms with E-state index in [4.69, 9.17) is 5.73 Å². The summed E-state index contributed by atoms with van der Waals surface area (Å²) in [6.45, 7) is 6.32. The number of nitrogens with two attached hydrogens (primary N) is 1. The number of piperidine rings is 1. The second-order valence-corrected chi connectivity index (χ2v) is 5.79. The molecule has 0 amide bonds. The van der Waals surface area contributed by atoms with E-state index in [0.29, 0.717) is 12.0 Å². The van der Waals surface area contributed by atoms with Gasteiger partial charge in [-0.15, -0.1) is 0 Å². The lowest BCUT2D eigenvalue weighted by Gasteiger charge is -2.42. The first-order valence-corrected chi connectivity index (χ1v) is 6.76. The molecule has 2 rings (SSSR count). The minimum Gasteiger partial charge on any atom is -0.313 e. The minimum atomic E-state index is -0.456. The van der Waals surface area contributed by atoms with Crippen molar-refractivity contribution in [3.8, 4) is 0 Å². The van der Waals surface area contributed by atoms with Gasteiger partial charge in [0.15, 0.2) is 0 Å². The van der Waals surface area contributed by atoms with E-state index in [1.807, 2.05) is 19.1 Å². The van der Waals surface area contributed by atoms with Crippen LogP contribution < -0.4 is 5.73 Å². The highest BCUT2D eigenvalue weighted by molar-refractivity contribution is 5.19. The van der Waals surface area contributed by atoms with Crippen molar-refractivity contribution >= 4 is 0 Å². The van der Waals surface area contributed by atoms with E-state index >= 15 is 0 Å². The van der Waals surface area contributed by atoms with Crippen molar-refractivity contribution in [1.29, 1.82) is 0 Å². The Morgan fingerprint density at radius 2 is 1.94 bits per heavy atom. The number of rotatable bonds is 3. The van der Waals surface area contributed by atoms with Crippen molar-refractivity contribution < 1.29 is 4.39 Å². The Hall–Kier alpha value is -0.930.